The van der Waals surface area contributed by atoms with Crippen LogP contribution in [0.3, 0.4) is 0 Å². The summed E-state index contributed by atoms with van der Waals surface area (Å²) in [7, 11) is 0. The molecule has 0 spiro atoms. The van der Waals surface area contributed by atoms with E-state index in [-0.39, 0.29) is 5.41 Å². The Balaban J connectivity index is 2.26. The minimum atomic E-state index is -0.446. The van der Waals surface area contributed by atoms with E-state index in [4.69, 9.17) is 16.3 Å². The van der Waals surface area contributed by atoms with Gasteiger partial charge in [-0.1, -0.05) is 71.8 Å². The van der Waals surface area contributed by atoms with Crippen LogP contribution < -0.4 is 4.74 Å². The van der Waals surface area contributed by atoms with Gasteiger partial charge in [-0.05, 0) is 41.6 Å². The standard InChI is InChI=1S/C20H31ClO2/c1-4-5-6-7-8-9-10-14-20(2,3)16-23-18-13-11-12-17(15-18)19(21)22/h11-13,15H,4-10,14,16H2,1-3H3. The summed E-state index contributed by atoms with van der Waals surface area (Å²) in [5, 5.41) is -0.446. The molecule has 0 aliphatic heterocycles. The Bertz CT molecular complexity index is 468. The maximum absolute atomic E-state index is 11.2. The first-order valence-electron chi connectivity index (χ1n) is 8.87. The van der Waals surface area contributed by atoms with E-state index in [1.165, 1.54) is 44.9 Å². The fraction of sp³-hybridized carbons (Fsp3) is 0.650. The summed E-state index contributed by atoms with van der Waals surface area (Å²) in [5.41, 5.74) is 0.624. The van der Waals surface area contributed by atoms with Crippen molar-refractivity contribution in [3.63, 3.8) is 0 Å². The number of hydrogen-bond acceptors (Lipinski definition) is 2. The molecule has 1 aromatic carbocycles. The molecule has 0 saturated carbocycles. The maximum Gasteiger partial charge on any atom is 0.252 e. The molecule has 1 aromatic rings. The average Bonchev–Trinajstić information content (AvgIpc) is 2.52. The largest absolute Gasteiger partial charge is 0.493 e. The topological polar surface area (TPSA) is 26.3 Å². The molecule has 0 amide bonds. The van der Waals surface area contributed by atoms with Crippen LogP contribution in [0.15, 0.2) is 24.3 Å². The van der Waals surface area contributed by atoms with Crippen molar-refractivity contribution in [3.05, 3.63) is 29.8 Å². The quantitative estimate of drug-likeness (QED) is 0.316. The Morgan fingerprint density at radius 3 is 2.39 bits per heavy atom. The molecular weight excluding hydrogens is 308 g/mol. The number of hydrogen-bond donors (Lipinski definition) is 0. The second kappa shape index (κ2) is 10.7. The third-order valence-electron chi connectivity index (χ3n) is 4.15. The SMILES string of the molecule is CCCCCCCCCC(C)(C)COc1cccc(C(=O)Cl)c1. The van der Waals surface area contributed by atoms with Gasteiger partial charge in [0.05, 0.1) is 6.61 Å². The van der Waals surface area contributed by atoms with E-state index in [0.717, 1.165) is 6.42 Å². The maximum atomic E-state index is 11.2. The lowest BCUT2D eigenvalue weighted by atomic mass is 9.87. The van der Waals surface area contributed by atoms with E-state index in [0.29, 0.717) is 17.9 Å². The van der Waals surface area contributed by atoms with E-state index in [2.05, 4.69) is 20.8 Å². The summed E-state index contributed by atoms with van der Waals surface area (Å²) in [6, 6.07) is 7.08. The van der Waals surface area contributed by atoms with Crippen molar-refractivity contribution in [2.75, 3.05) is 6.61 Å². The van der Waals surface area contributed by atoms with Crippen LogP contribution in [-0.4, -0.2) is 11.8 Å². The van der Waals surface area contributed by atoms with Gasteiger partial charge in [0.2, 0.25) is 0 Å². The first kappa shape index (κ1) is 20.0. The van der Waals surface area contributed by atoms with Crippen LogP contribution in [0.1, 0.15) is 82.5 Å². The number of carbonyl (C=O) groups excluding carboxylic acids is 1. The summed E-state index contributed by atoms with van der Waals surface area (Å²) < 4.78 is 5.86. The first-order valence-corrected chi connectivity index (χ1v) is 9.25. The molecule has 0 N–H and O–H groups in total. The van der Waals surface area contributed by atoms with Crippen molar-refractivity contribution in [2.45, 2.75) is 72.1 Å². The van der Waals surface area contributed by atoms with Gasteiger partial charge >= 0.3 is 0 Å². The predicted molar refractivity (Wildman–Crippen MR) is 98.5 cm³/mol. The van der Waals surface area contributed by atoms with Crippen LogP contribution >= 0.6 is 11.6 Å². The van der Waals surface area contributed by atoms with Crippen LogP contribution in [0.4, 0.5) is 0 Å². The molecule has 23 heavy (non-hydrogen) atoms. The Labute approximate surface area is 146 Å². The fourth-order valence-corrected chi connectivity index (χ4v) is 2.74. The van der Waals surface area contributed by atoms with Crippen LogP contribution in [0, 0.1) is 5.41 Å². The number of unbranched alkanes of at least 4 members (excludes halogenated alkanes) is 6. The Hall–Kier alpha value is -1.02. The minimum Gasteiger partial charge on any atom is -0.493 e. The molecule has 0 unspecified atom stereocenters. The number of benzene rings is 1. The van der Waals surface area contributed by atoms with Crippen molar-refractivity contribution < 1.29 is 9.53 Å². The molecule has 0 aromatic heterocycles. The number of halogens is 1. The highest BCUT2D eigenvalue weighted by Gasteiger charge is 2.18. The third kappa shape index (κ3) is 9.00. The molecule has 0 saturated heterocycles. The molecule has 130 valence electrons. The second-order valence-corrected chi connectivity index (χ2v) is 7.47. The summed E-state index contributed by atoms with van der Waals surface area (Å²) in [6.45, 7) is 7.38. The highest BCUT2D eigenvalue weighted by Crippen LogP contribution is 2.26. The molecule has 0 aliphatic carbocycles. The number of rotatable bonds is 12. The zero-order chi connectivity index (χ0) is 17.1. The molecule has 0 aliphatic rings. The molecule has 2 nitrogen and oxygen atoms in total. The van der Waals surface area contributed by atoms with E-state index in [1.807, 2.05) is 6.07 Å². The van der Waals surface area contributed by atoms with Gasteiger partial charge in [-0.25, -0.2) is 0 Å². The summed E-state index contributed by atoms with van der Waals surface area (Å²) in [4.78, 5) is 11.2. The highest BCUT2D eigenvalue weighted by atomic mass is 35.5. The molecule has 1 rings (SSSR count). The van der Waals surface area contributed by atoms with E-state index < -0.39 is 5.24 Å². The van der Waals surface area contributed by atoms with Crippen LogP contribution in [0.2, 0.25) is 0 Å². The molecule has 0 fully saturated rings. The Kier molecular flexibility index (Phi) is 9.31. The molecular formula is C20H31ClO2. The minimum absolute atomic E-state index is 0.143. The molecule has 3 heteroatoms. The van der Waals surface area contributed by atoms with E-state index in [9.17, 15) is 4.79 Å². The van der Waals surface area contributed by atoms with Crippen LogP contribution in [0.5, 0.6) is 5.75 Å². The van der Waals surface area contributed by atoms with Gasteiger partial charge in [-0.15, -0.1) is 0 Å². The van der Waals surface area contributed by atoms with Crippen LogP contribution in [-0.2, 0) is 0 Å². The lowest BCUT2D eigenvalue weighted by molar-refractivity contribution is 0.108. The van der Waals surface area contributed by atoms with Crippen molar-refractivity contribution in [3.8, 4) is 5.75 Å². The van der Waals surface area contributed by atoms with Crippen LogP contribution in [0.25, 0.3) is 0 Å². The van der Waals surface area contributed by atoms with Gasteiger partial charge in [-0.2, -0.15) is 0 Å². The first-order chi connectivity index (χ1) is 10.9. The number of carbonyl (C=O) groups is 1. The van der Waals surface area contributed by atoms with Gasteiger partial charge in [-0.3, -0.25) is 4.79 Å². The third-order valence-corrected chi connectivity index (χ3v) is 4.37. The summed E-state index contributed by atoms with van der Waals surface area (Å²) >= 11 is 5.50. The molecule has 0 radical (unpaired) electrons. The van der Waals surface area contributed by atoms with Gasteiger partial charge in [0.25, 0.3) is 5.24 Å². The lowest BCUT2D eigenvalue weighted by Crippen LogP contribution is -2.21. The molecule has 0 bridgehead atoms. The normalized spacial score (nSPS) is 11.5. The monoisotopic (exact) mass is 338 g/mol. The average molecular weight is 339 g/mol. The van der Waals surface area contributed by atoms with Crippen molar-refractivity contribution in [1.29, 1.82) is 0 Å². The van der Waals surface area contributed by atoms with E-state index >= 15 is 0 Å². The second-order valence-electron chi connectivity index (χ2n) is 7.13. The number of ether oxygens (including phenoxy) is 1. The molecule has 0 heterocycles. The van der Waals surface area contributed by atoms with Gasteiger partial charge in [0, 0.05) is 5.56 Å². The lowest BCUT2D eigenvalue weighted by Gasteiger charge is -2.25. The fourth-order valence-electron chi connectivity index (χ4n) is 2.62. The zero-order valence-electron chi connectivity index (χ0n) is 14.9. The molecule has 0 atom stereocenters. The summed E-state index contributed by atoms with van der Waals surface area (Å²) in [6.07, 6.45) is 10.5. The van der Waals surface area contributed by atoms with Gasteiger partial charge in [0.15, 0.2) is 0 Å². The van der Waals surface area contributed by atoms with Crippen molar-refractivity contribution >= 4 is 16.8 Å². The smallest absolute Gasteiger partial charge is 0.252 e. The van der Waals surface area contributed by atoms with Gasteiger partial charge in [0.1, 0.15) is 5.75 Å². The zero-order valence-corrected chi connectivity index (χ0v) is 15.6. The predicted octanol–water partition coefficient (Wildman–Crippen LogP) is 6.61. The van der Waals surface area contributed by atoms with E-state index in [1.54, 1.807) is 18.2 Å². The highest BCUT2D eigenvalue weighted by molar-refractivity contribution is 6.67. The Morgan fingerprint density at radius 1 is 1.09 bits per heavy atom. The Morgan fingerprint density at radius 2 is 1.74 bits per heavy atom. The summed E-state index contributed by atoms with van der Waals surface area (Å²) in [5.74, 6) is 0.712. The van der Waals surface area contributed by atoms with Crippen molar-refractivity contribution in [2.24, 2.45) is 5.41 Å². The van der Waals surface area contributed by atoms with Crippen molar-refractivity contribution in [1.82, 2.24) is 0 Å². The van der Waals surface area contributed by atoms with Gasteiger partial charge < -0.3 is 4.74 Å².